The fraction of sp³-hybridized carbons (Fsp3) is 0.389. The van der Waals surface area contributed by atoms with Crippen molar-refractivity contribution in [2.45, 2.75) is 33.0 Å². The van der Waals surface area contributed by atoms with Crippen LogP contribution in [0.25, 0.3) is 0 Å². The number of halogens is 2. The predicted octanol–water partition coefficient (Wildman–Crippen LogP) is 3.11. The third-order valence-electron chi connectivity index (χ3n) is 4.20. The standard InChI is InChI=1S/C18H21F2N3O2/c1-13-9-14(3-4-17(13)25-18(19)20)11-22-12-15-10-21-6-5-16(15)23(22)7-2-8-24/h3-6,9-10,18,24H,2,7-8,11-12H2,1H3. The number of hydrogen-bond acceptors (Lipinski definition) is 5. The molecule has 7 heteroatoms. The average molecular weight is 349 g/mol. The van der Waals surface area contributed by atoms with E-state index in [2.05, 4.69) is 19.7 Å². The third kappa shape index (κ3) is 4.05. The number of benzene rings is 1. The van der Waals surface area contributed by atoms with E-state index in [1.54, 1.807) is 25.3 Å². The molecule has 3 rings (SSSR count). The molecule has 25 heavy (non-hydrogen) atoms. The Labute approximate surface area is 145 Å². The van der Waals surface area contributed by atoms with Gasteiger partial charge in [0.15, 0.2) is 0 Å². The number of fused-ring (bicyclic) bond motifs is 1. The Bertz CT molecular complexity index is 727. The van der Waals surface area contributed by atoms with Gasteiger partial charge in [-0.3, -0.25) is 4.98 Å². The third-order valence-corrected chi connectivity index (χ3v) is 4.20. The van der Waals surface area contributed by atoms with E-state index in [0.29, 0.717) is 25.1 Å². The highest BCUT2D eigenvalue weighted by Crippen LogP contribution is 2.32. The second-order valence-electron chi connectivity index (χ2n) is 6.01. The van der Waals surface area contributed by atoms with E-state index in [9.17, 15) is 8.78 Å². The summed E-state index contributed by atoms with van der Waals surface area (Å²) >= 11 is 0. The van der Waals surface area contributed by atoms with Gasteiger partial charge in [-0.15, -0.1) is 0 Å². The minimum atomic E-state index is -2.82. The van der Waals surface area contributed by atoms with Crippen LogP contribution in [0.1, 0.15) is 23.1 Å². The zero-order valence-corrected chi connectivity index (χ0v) is 14.0. The van der Waals surface area contributed by atoms with Gasteiger partial charge in [0.05, 0.1) is 5.69 Å². The lowest BCUT2D eigenvalue weighted by Crippen LogP contribution is -2.38. The number of aromatic nitrogens is 1. The number of hydrazine groups is 1. The number of aryl methyl sites for hydroxylation is 1. The van der Waals surface area contributed by atoms with Crippen molar-refractivity contribution in [3.63, 3.8) is 0 Å². The zero-order chi connectivity index (χ0) is 17.8. The number of pyridine rings is 1. The number of hydrogen-bond donors (Lipinski definition) is 1. The van der Waals surface area contributed by atoms with Gasteiger partial charge in [0, 0.05) is 44.2 Å². The van der Waals surface area contributed by atoms with Crippen LogP contribution in [0, 0.1) is 6.92 Å². The summed E-state index contributed by atoms with van der Waals surface area (Å²) in [6.07, 6.45) is 4.28. The number of ether oxygens (including phenoxy) is 1. The summed E-state index contributed by atoms with van der Waals surface area (Å²) < 4.78 is 29.3. The van der Waals surface area contributed by atoms with Gasteiger partial charge >= 0.3 is 6.61 Å². The zero-order valence-electron chi connectivity index (χ0n) is 14.0. The van der Waals surface area contributed by atoms with E-state index in [1.807, 2.05) is 18.3 Å². The molecule has 0 unspecified atom stereocenters. The van der Waals surface area contributed by atoms with Crippen molar-refractivity contribution < 1.29 is 18.6 Å². The van der Waals surface area contributed by atoms with Gasteiger partial charge < -0.3 is 14.9 Å². The van der Waals surface area contributed by atoms with Crippen molar-refractivity contribution in [1.29, 1.82) is 0 Å². The molecule has 1 aliphatic rings. The van der Waals surface area contributed by atoms with E-state index in [1.165, 1.54) is 0 Å². The summed E-state index contributed by atoms with van der Waals surface area (Å²) in [6.45, 7) is 1.13. The SMILES string of the molecule is Cc1cc(CN2Cc3cnccc3N2CCCO)ccc1OC(F)F. The van der Waals surface area contributed by atoms with Crippen molar-refractivity contribution in [3.05, 3.63) is 53.3 Å². The quantitative estimate of drug-likeness (QED) is 0.832. The van der Waals surface area contributed by atoms with Crippen LogP contribution in [-0.4, -0.2) is 34.9 Å². The Kier molecular flexibility index (Phi) is 5.45. The molecule has 2 heterocycles. The molecule has 1 aliphatic heterocycles. The maximum absolute atomic E-state index is 12.4. The normalized spacial score (nSPS) is 14.2. The molecule has 134 valence electrons. The first-order chi connectivity index (χ1) is 12.1. The van der Waals surface area contributed by atoms with Crippen LogP contribution in [0.2, 0.25) is 0 Å². The van der Waals surface area contributed by atoms with E-state index in [4.69, 9.17) is 5.11 Å². The first-order valence-corrected chi connectivity index (χ1v) is 8.19. The maximum Gasteiger partial charge on any atom is 0.387 e. The molecule has 2 aromatic rings. The minimum absolute atomic E-state index is 0.129. The monoisotopic (exact) mass is 349 g/mol. The highest BCUT2D eigenvalue weighted by molar-refractivity contribution is 5.54. The fourth-order valence-electron chi connectivity index (χ4n) is 3.10. The van der Waals surface area contributed by atoms with Crippen LogP contribution in [0.15, 0.2) is 36.7 Å². The molecule has 0 atom stereocenters. The molecule has 0 fully saturated rings. The molecule has 0 saturated heterocycles. The summed E-state index contributed by atoms with van der Waals surface area (Å²) in [6, 6.07) is 7.22. The van der Waals surface area contributed by atoms with Crippen LogP contribution < -0.4 is 9.75 Å². The maximum atomic E-state index is 12.4. The molecule has 5 nitrogen and oxygen atoms in total. The van der Waals surface area contributed by atoms with Crippen LogP contribution in [0.5, 0.6) is 5.75 Å². The Balaban J connectivity index is 1.76. The lowest BCUT2D eigenvalue weighted by Gasteiger charge is -2.30. The predicted molar refractivity (Wildman–Crippen MR) is 90.3 cm³/mol. The van der Waals surface area contributed by atoms with Crippen LogP contribution >= 0.6 is 0 Å². The Morgan fingerprint density at radius 2 is 2.16 bits per heavy atom. The Morgan fingerprint density at radius 3 is 2.88 bits per heavy atom. The van der Waals surface area contributed by atoms with Crippen molar-refractivity contribution in [2.75, 3.05) is 18.2 Å². The summed E-state index contributed by atoms with van der Waals surface area (Å²) in [5.74, 6) is 0.199. The first-order valence-electron chi connectivity index (χ1n) is 8.19. The van der Waals surface area contributed by atoms with Crippen molar-refractivity contribution in [1.82, 2.24) is 9.99 Å². The molecular weight excluding hydrogens is 328 g/mol. The highest BCUT2D eigenvalue weighted by Gasteiger charge is 2.27. The van der Waals surface area contributed by atoms with Crippen LogP contribution in [0.4, 0.5) is 14.5 Å². The van der Waals surface area contributed by atoms with Gasteiger partial charge in [-0.2, -0.15) is 8.78 Å². The van der Waals surface area contributed by atoms with E-state index in [0.717, 1.165) is 23.4 Å². The molecule has 0 aliphatic carbocycles. The second-order valence-corrected chi connectivity index (χ2v) is 6.01. The summed E-state index contributed by atoms with van der Waals surface area (Å²) in [4.78, 5) is 4.18. The van der Waals surface area contributed by atoms with E-state index < -0.39 is 6.61 Å². The number of anilines is 1. The van der Waals surface area contributed by atoms with Gasteiger partial charge in [0.25, 0.3) is 0 Å². The molecule has 1 N–H and O–H groups in total. The first kappa shape index (κ1) is 17.6. The number of aliphatic hydroxyl groups is 1. The number of nitrogens with zero attached hydrogens (tertiary/aromatic N) is 3. The summed E-state index contributed by atoms with van der Waals surface area (Å²) in [5.41, 5.74) is 3.92. The molecule has 1 aromatic carbocycles. The Morgan fingerprint density at radius 1 is 1.32 bits per heavy atom. The number of aliphatic hydroxyl groups excluding tert-OH is 1. The molecule has 1 aromatic heterocycles. The fourth-order valence-corrected chi connectivity index (χ4v) is 3.10. The van der Waals surface area contributed by atoms with Crippen LogP contribution in [-0.2, 0) is 13.1 Å². The number of rotatable bonds is 7. The van der Waals surface area contributed by atoms with Crippen molar-refractivity contribution in [3.8, 4) is 5.75 Å². The summed E-state index contributed by atoms with van der Waals surface area (Å²) in [5, 5.41) is 13.5. The lowest BCUT2D eigenvalue weighted by atomic mass is 10.1. The molecular formula is C18H21F2N3O2. The second kappa shape index (κ2) is 7.76. The molecule has 0 bridgehead atoms. The van der Waals surface area contributed by atoms with Gasteiger partial charge in [-0.1, -0.05) is 12.1 Å². The van der Waals surface area contributed by atoms with Crippen molar-refractivity contribution >= 4 is 5.69 Å². The van der Waals surface area contributed by atoms with E-state index >= 15 is 0 Å². The minimum Gasteiger partial charge on any atom is -0.435 e. The molecule has 0 radical (unpaired) electrons. The smallest absolute Gasteiger partial charge is 0.387 e. The van der Waals surface area contributed by atoms with Crippen LogP contribution in [0.3, 0.4) is 0 Å². The number of alkyl halides is 2. The molecule has 0 spiro atoms. The topological polar surface area (TPSA) is 48.8 Å². The van der Waals surface area contributed by atoms with Gasteiger partial charge in [0.1, 0.15) is 5.75 Å². The van der Waals surface area contributed by atoms with Gasteiger partial charge in [-0.05, 0) is 36.6 Å². The average Bonchev–Trinajstić information content (AvgIpc) is 2.92. The molecule has 0 saturated carbocycles. The van der Waals surface area contributed by atoms with Crippen molar-refractivity contribution in [2.24, 2.45) is 0 Å². The largest absolute Gasteiger partial charge is 0.435 e. The highest BCUT2D eigenvalue weighted by atomic mass is 19.3. The lowest BCUT2D eigenvalue weighted by molar-refractivity contribution is -0.0503. The Hall–Kier alpha value is -2.25. The van der Waals surface area contributed by atoms with Gasteiger partial charge in [-0.25, -0.2) is 5.01 Å². The van der Waals surface area contributed by atoms with E-state index in [-0.39, 0.29) is 12.4 Å². The molecule has 0 amide bonds. The van der Waals surface area contributed by atoms with Gasteiger partial charge in [0.2, 0.25) is 0 Å². The summed E-state index contributed by atoms with van der Waals surface area (Å²) in [7, 11) is 0.